The predicted octanol–water partition coefficient (Wildman–Crippen LogP) is 3.78. The lowest BCUT2D eigenvalue weighted by Gasteiger charge is -2.31. The predicted molar refractivity (Wildman–Crippen MR) is 98.8 cm³/mol. The number of amides is 1. The van der Waals surface area contributed by atoms with Crippen LogP contribution in [0.1, 0.15) is 34.5 Å². The standard InChI is InChI=1S/C19H23N3OS/c1-12-8-13(2)16-6-5-7-22(17(16)9-12)18(23)11-24-19-20-14(3)10-15(4)21-19/h8-10H,5-7,11H2,1-4H3. The van der Waals surface area contributed by atoms with E-state index < -0.39 is 0 Å². The molecule has 126 valence electrons. The van der Waals surface area contributed by atoms with Crippen LogP contribution in [0.5, 0.6) is 0 Å². The number of carbonyl (C=O) groups excluding carboxylic acids is 1. The summed E-state index contributed by atoms with van der Waals surface area (Å²) in [5.41, 5.74) is 6.77. The van der Waals surface area contributed by atoms with Crippen molar-refractivity contribution in [1.82, 2.24) is 9.97 Å². The number of anilines is 1. The largest absolute Gasteiger partial charge is 0.311 e. The number of fused-ring (bicyclic) bond motifs is 1. The Kier molecular flexibility index (Phi) is 4.90. The third kappa shape index (κ3) is 3.61. The molecule has 0 radical (unpaired) electrons. The van der Waals surface area contributed by atoms with Gasteiger partial charge in [-0.15, -0.1) is 0 Å². The zero-order chi connectivity index (χ0) is 17.3. The average Bonchev–Trinajstić information content (AvgIpc) is 2.51. The van der Waals surface area contributed by atoms with Crippen LogP contribution in [-0.2, 0) is 11.2 Å². The molecule has 2 aromatic rings. The SMILES string of the molecule is Cc1cc(C)c2c(c1)N(C(=O)CSc1nc(C)cc(C)n1)CCC2. The third-order valence-electron chi connectivity index (χ3n) is 4.28. The number of thioether (sulfide) groups is 1. The lowest BCUT2D eigenvalue weighted by molar-refractivity contribution is -0.116. The van der Waals surface area contributed by atoms with Gasteiger partial charge in [0.25, 0.3) is 0 Å². The second-order valence-corrected chi connectivity index (χ2v) is 7.39. The second kappa shape index (κ2) is 6.93. The molecule has 3 rings (SSSR count). The Morgan fingerprint density at radius 3 is 2.54 bits per heavy atom. The van der Waals surface area contributed by atoms with Gasteiger partial charge in [-0.25, -0.2) is 9.97 Å². The Hall–Kier alpha value is -1.88. The molecule has 1 aliphatic rings. The minimum atomic E-state index is 0.133. The maximum atomic E-state index is 12.8. The van der Waals surface area contributed by atoms with E-state index in [1.54, 1.807) is 0 Å². The summed E-state index contributed by atoms with van der Waals surface area (Å²) in [6.07, 6.45) is 2.08. The molecule has 2 heterocycles. The minimum absolute atomic E-state index is 0.133. The summed E-state index contributed by atoms with van der Waals surface area (Å²) in [6, 6.07) is 6.28. The van der Waals surface area contributed by atoms with Crippen molar-refractivity contribution < 1.29 is 4.79 Å². The van der Waals surface area contributed by atoms with E-state index >= 15 is 0 Å². The van der Waals surface area contributed by atoms with Crippen LogP contribution < -0.4 is 4.90 Å². The first-order chi connectivity index (χ1) is 11.4. The monoisotopic (exact) mass is 341 g/mol. The first kappa shape index (κ1) is 17.0. The van der Waals surface area contributed by atoms with Crippen LogP contribution in [0.15, 0.2) is 23.4 Å². The van der Waals surface area contributed by atoms with E-state index in [4.69, 9.17) is 0 Å². The van der Waals surface area contributed by atoms with Crippen molar-refractivity contribution in [1.29, 1.82) is 0 Å². The summed E-state index contributed by atoms with van der Waals surface area (Å²) in [6.45, 7) is 8.92. The fourth-order valence-corrected chi connectivity index (χ4v) is 4.12. The molecule has 1 aromatic heterocycles. The fourth-order valence-electron chi connectivity index (χ4n) is 3.30. The molecule has 4 nitrogen and oxygen atoms in total. The van der Waals surface area contributed by atoms with Gasteiger partial charge in [-0.1, -0.05) is 17.8 Å². The molecule has 0 saturated heterocycles. The van der Waals surface area contributed by atoms with E-state index in [-0.39, 0.29) is 5.91 Å². The van der Waals surface area contributed by atoms with E-state index in [1.807, 2.05) is 24.8 Å². The number of hydrogen-bond donors (Lipinski definition) is 0. The highest BCUT2D eigenvalue weighted by atomic mass is 32.2. The molecule has 0 unspecified atom stereocenters. The highest BCUT2D eigenvalue weighted by Gasteiger charge is 2.24. The van der Waals surface area contributed by atoms with Crippen LogP contribution in [0.2, 0.25) is 0 Å². The van der Waals surface area contributed by atoms with E-state index in [0.29, 0.717) is 10.9 Å². The summed E-state index contributed by atoms with van der Waals surface area (Å²) in [5, 5.41) is 0.679. The maximum Gasteiger partial charge on any atom is 0.237 e. The maximum absolute atomic E-state index is 12.8. The van der Waals surface area contributed by atoms with Gasteiger partial charge in [-0.3, -0.25) is 4.79 Å². The van der Waals surface area contributed by atoms with Crippen molar-refractivity contribution in [3.8, 4) is 0 Å². The van der Waals surface area contributed by atoms with Gasteiger partial charge in [0.1, 0.15) is 0 Å². The molecule has 5 heteroatoms. The summed E-state index contributed by atoms with van der Waals surface area (Å²) in [4.78, 5) is 23.5. The lowest BCUT2D eigenvalue weighted by atomic mass is 9.95. The van der Waals surface area contributed by atoms with Gasteiger partial charge < -0.3 is 4.90 Å². The summed E-state index contributed by atoms with van der Waals surface area (Å²) in [7, 11) is 0. The molecule has 1 aliphatic heterocycles. The van der Waals surface area contributed by atoms with Gasteiger partial charge in [0.15, 0.2) is 5.16 Å². The average molecular weight is 341 g/mol. The zero-order valence-electron chi connectivity index (χ0n) is 14.7. The Morgan fingerprint density at radius 2 is 1.83 bits per heavy atom. The second-order valence-electron chi connectivity index (χ2n) is 6.45. The van der Waals surface area contributed by atoms with Crippen LogP contribution in [0.4, 0.5) is 5.69 Å². The smallest absolute Gasteiger partial charge is 0.237 e. The number of rotatable bonds is 3. The van der Waals surface area contributed by atoms with Gasteiger partial charge in [0.05, 0.1) is 5.75 Å². The Balaban J connectivity index is 1.77. The highest BCUT2D eigenvalue weighted by molar-refractivity contribution is 7.99. The molecular weight excluding hydrogens is 318 g/mol. The van der Waals surface area contributed by atoms with E-state index in [1.165, 1.54) is 28.5 Å². The number of hydrogen-bond acceptors (Lipinski definition) is 4. The molecule has 0 saturated carbocycles. The first-order valence-electron chi connectivity index (χ1n) is 8.29. The van der Waals surface area contributed by atoms with Crippen molar-refractivity contribution in [2.45, 2.75) is 45.7 Å². The third-order valence-corrected chi connectivity index (χ3v) is 5.11. The number of carbonyl (C=O) groups is 1. The van der Waals surface area contributed by atoms with Crippen molar-refractivity contribution in [2.75, 3.05) is 17.2 Å². The topological polar surface area (TPSA) is 46.1 Å². The fraction of sp³-hybridized carbons (Fsp3) is 0.421. The van der Waals surface area contributed by atoms with Gasteiger partial charge in [0, 0.05) is 23.6 Å². The molecule has 0 aliphatic carbocycles. The summed E-state index contributed by atoms with van der Waals surface area (Å²) in [5.74, 6) is 0.503. The number of nitrogens with zero attached hydrogens (tertiary/aromatic N) is 3. The molecule has 0 spiro atoms. The first-order valence-corrected chi connectivity index (χ1v) is 9.28. The number of benzene rings is 1. The van der Waals surface area contributed by atoms with Crippen LogP contribution in [0.3, 0.4) is 0 Å². The highest BCUT2D eigenvalue weighted by Crippen LogP contribution is 2.31. The molecule has 1 aromatic carbocycles. The summed E-state index contributed by atoms with van der Waals surface area (Å²) >= 11 is 1.42. The molecule has 1 amide bonds. The van der Waals surface area contributed by atoms with Crippen LogP contribution in [0.25, 0.3) is 0 Å². The van der Waals surface area contributed by atoms with Gasteiger partial charge >= 0.3 is 0 Å². The van der Waals surface area contributed by atoms with E-state index in [9.17, 15) is 4.79 Å². The normalized spacial score (nSPS) is 13.8. The van der Waals surface area contributed by atoms with Crippen molar-refractivity contribution in [2.24, 2.45) is 0 Å². The van der Waals surface area contributed by atoms with Crippen molar-refractivity contribution in [3.63, 3.8) is 0 Å². The number of aromatic nitrogens is 2. The zero-order valence-corrected chi connectivity index (χ0v) is 15.5. The van der Waals surface area contributed by atoms with Crippen LogP contribution >= 0.6 is 11.8 Å². The molecule has 0 fully saturated rings. The van der Waals surface area contributed by atoms with Gasteiger partial charge in [-0.2, -0.15) is 0 Å². The van der Waals surface area contributed by atoms with Crippen LogP contribution in [0, 0.1) is 27.7 Å². The quantitative estimate of drug-likeness (QED) is 0.629. The van der Waals surface area contributed by atoms with E-state index in [2.05, 4.69) is 35.9 Å². The molecule has 0 N–H and O–H groups in total. The molecule has 0 atom stereocenters. The Bertz CT molecular complexity index is 768. The minimum Gasteiger partial charge on any atom is -0.311 e. The van der Waals surface area contributed by atoms with Crippen LogP contribution in [-0.4, -0.2) is 28.2 Å². The molecular formula is C19H23N3OS. The molecule has 0 bridgehead atoms. The van der Waals surface area contributed by atoms with E-state index in [0.717, 1.165) is 36.5 Å². The lowest BCUT2D eigenvalue weighted by Crippen LogP contribution is -2.37. The van der Waals surface area contributed by atoms with Gasteiger partial charge in [0.2, 0.25) is 5.91 Å². The Morgan fingerprint density at radius 1 is 1.12 bits per heavy atom. The van der Waals surface area contributed by atoms with Crippen molar-refractivity contribution in [3.05, 3.63) is 46.3 Å². The van der Waals surface area contributed by atoms with Gasteiger partial charge in [-0.05, 0) is 69.4 Å². The Labute approximate surface area is 147 Å². The molecule has 24 heavy (non-hydrogen) atoms. The number of aryl methyl sites for hydroxylation is 4. The summed E-state index contributed by atoms with van der Waals surface area (Å²) < 4.78 is 0. The van der Waals surface area contributed by atoms with Crippen molar-refractivity contribution >= 4 is 23.4 Å².